The molecule has 0 radical (unpaired) electrons. The van der Waals surface area contributed by atoms with E-state index in [1.807, 2.05) is 0 Å². The van der Waals surface area contributed by atoms with Crippen LogP contribution in [-0.2, 0) is 0 Å². The van der Waals surface area contributed by atoms with Gasteiger partial charge in [0.15, 0.2) is 0 Å². The molecule has 2 aromatic rings. The average molecular weight is 255 g/mol. The molecule has 0 aliphatic rings. The van der Waals surface area contributed by atoms with E-state index in [2.05, 4.69) is 31.8 Å². The van der Waals surface area contributed by atoms with Gasteiger partial charge in [0, 0.05) is 23.4 Å². The van der Waals surface area contributed by atoms with Crippen LogP contribution < -0.4 is 11.2 Å². The van der Waals surface area contributed by atoms with Crippen LogP contribution >= 0.6 is 0 Å². The Hall–Kier alpha value is -2.97. The van der Waals surface area contributed by atoms with Gasteiger partial charge in [0.25, 0.3) is 5.56 Å². The van der Waals surface area contributed by atoms with Crippen LogP contribution in [0.25, 0.3) is 21.3 Å². The van der Waals surface area contributed by atoms with Crippen LogP contribution in [0.3, 0.4) is 0 Å². The van der Waals surface area contributed by atoms with E-state index in [1.165, 1.54) is 0 Å². The lowest BCUT2D eigenvalue weighted by molar-refractivity contribution is 1.01. The minimum absolute atomic E-state index is 0.311. The molecular weight excluding hydrogens is 246 g/mol. The van der Waals surface area contributed by atoms with Crippen LogP contribution in [-0.4, -0.2) is 16.5 Å². The van der Waals surface area contributed by atoms with Crippen molar-refractivity contribution in [1.29, 1.82) is 0 Å². The number of nitrogens with zero attached hydrogens (tertiary/aromatic N) is 3. The van der Waals surface area contributed by atoms with Crippen molar-refractivity contribution in [2.45, 2.75) is 6.42 Å². The fourth-order valence-corrected chi connectivity index (χ4v) is 1.56. The van der Waals surface area contributed by atoms with Crippen molar-refractivity contribution in [3.63, 3.8) is 0 Å². The van der Waals surface area contributed by atoms with E-state index in [1.54, 1.807) is 18.2 Å². The van der Waals surface area contributed by atoms with Crippen molar-refractivity contribution in [3.8, 4) is 11.8 Å². The van der Waals surface area contributed by atoms with E-state index >= 15 is 0 Å². The lowest BCUT2D eigenvalue weighted by atomic mass is 10.1. The lowest BCUT2D eigenvalue weighted by Crippen LogP contribution is -2.21. The second kappa shape index (κ2) is 5.58. The first-order valence-corrected chi connectivity index (χ1v) is 5.47. The number of aromatic nitrogens is 2. The first kappa shape index (κ1) is 12.5. The summed E-state index contributed by atoms with van der Waals surface area (Å²) in [6.45, 7) is 0.311. The molecule has 19 heavy (non-hydrogen) atoms. The molecule has 0 unspecified atom stereocenters. The van der Waals surface area contributed by atoms with Gasteiger partial charge >= 0.3 is 5.69 Å². The summed E-state index contributed by atoms with van der Waals surface area (Å²) in [6, 6.07) is 4.94. The largest absolute Gasteiger partial charge is 0.326 e. The van der Waals surface area contributed by atoms with Crippen LogP contribution in [0.2, 0.25) is 0 Å². The fourth-order valence-electron chi connectivity index (χ4n) is 1.56. The van der Waals surface area contributed by atoms with Gasteiger partial charge in [-0.3, -0.25) is 9.78 Å². The Kier molecular flexibility index (Phi) is 3.67. The second-order valence-electron chi connectivity index (χ2n) is 3.67. The van der Waals surface area contributed by atoms with Gasteiger partial charge in [0.1, 0.15) is 0 Å². The number of aromatic amines is 2. The number of fused-ring (bicyclic) bond motifs is 1. The van der Waals surface area contributed by atoms with E-state index in [-0.39, 0.29) is 0 Å². The smallest absolute Gasteiger partial charge is 0.307 e. The van der Waals surface area contributed by atoms with Crippen LogP contribution in [0.15, 0.2) is 32.9 Å². The molecule has 0 saturated carbocycles. The summed E-state index contributed by atoms with van der Waals surface area (Å²) in [7, 11) is 0. The predicted octanol–water partition coefficient (Wildman–Crippen LogP) is 1.27. The molecule has 0 saturated heterocycles. The molecular formula is C12H9N5O2. The summed E-state index contributed by atoms with van der Waals surface area (Å²) in [5.74, 6) is 5.69. The number of benzene rings is 1. The highest BCUT2D eigenvalue weighted by atomic mass is 16.2. The standard InChI is InChI=1S/C12H9N5O2/c13-17-14-6-2-1-3-8-4-5-10-9(7-8)11(18)16-12(19)15-10/h4-5,7H,2,6H2,(H2,15,16,18,19). The van der Waals surface area contributed by atoms with Crippen molar-refractivity contribution < 1.29 is 0 Å². The van der Waals surface area contributed by atoms with Gasteiger partial charge in [0.2, 0.25) is 0 Å². The average Bonchev–Trinajstić information content (AvgIpc) is 2.39. The van der Waals surface area contributed by atoms with Crippen molar-refractivity contribution in [2.75, 3.05) is 6.54 Å². The summed E-state index contributed by atoms with van der Waals surface area (Å²) >= 11 is 0. The highest BCUT2D eigenvalue weighted by Gasteiger charge is 2.00. The lowest BCUT2D eigenvalue weighted by Gasteiger charge is -1.96. The number of H-pyrrole nitrogens is 2. The predicted molar refractivity (Wildman–Crippen MR) is 70.7 cm³/mol. The quantitative estimate of drug-likeness (QED) is 0.276. The Balaban J connectivity index is 2.34. The molecule has 0 amide bonds. The van der Waals surface area contributed by atoms with Crippen LogP contribution in [0, 0.1) is 11.8 Å². The molecule has 0 bridgehead atoms. The minimum atomic E-state index is -0.536. The van der Waals surface area contributed by atoms with Gasteiger partial charge in [0.05, 0.1) is 10.9 Å². The highest BCUT2D eigenvalue weighted by molar-refractivity contribution is 5.78. The molecule has 7 nitrogen and oxygen atoms in total. The summed E-state index contributed by atoms with van der Waals surface area (Å²) in [5, 5.41) is 3.74. The molecule has 0 fully saturated rings. The topological polar surface area (TPSA) is 114 Å². The zero-order chi connectivity index (χ0) is 13.7. The molecule has 0 aliphatic heterocycles. The van der Waals surface area contributed by atoms with E-state index < -0.39 is 11.2 Å². The van der Waals surface area contributed by atoms with Crippen LogP contribution in [0.4, 0.5) is 0 Å². The fraction of sp³-hybridized carbons (Fsp3) is 0.167. The maximum Gasteiger partial charge on any atom is 0.326 e. The van der Waals surface area contributed by atoms with E-state index in [0.717, 1.165) is 0 Å². The summed E-state index contributed by atoms with van der Waals surface area (Å²) in [5.41, 5.74) is 8.24. The van der Waals surface area contributed by atoms with E-state index in [0.29, 0.717) is 29.4 Å². The molecule has 0 aliphatic carbocycles. The summed E-state index contributed by atoms with van der Waals surface area (Å²) < 4.78 is 0. The molecule has 7 heteroatoms. The number of hydrogen-bond acceptors (Lipinski definition) is 3. The van der Waals surface area contributed by atoms with Gasteiger partial charge in [-0.05, 0) is 23.7 Å². The molecule has 0 atom stereocenters. The molecule has 1 aromatic heterocycles. The van der Waals surface area contributed by atoms with Gasteiger partial charge < -0.3 is 4.98 Å². The molecule has 0 spiro atoms. The Morgan fingerprint density at radius 1 is 1.32 bits per heavy atom. The van der Waals surface area contributed by atoms with Gasteiger partial charge in [-0.15, -0.1) is 0 Å². The second-order valence-corrected chi connectivity index (χ2v) is 3.67. The number of hydrogen-bond donors (Lipinski definition) is 2. The third-order valence-electron chi connectivity index (χ3n) is 2.37. The summed E-state index contributed by atoms with van der Waals surface area (Å²) in [4.78, 5) is 30.0. The third kappa shape index (κ3) is 3.03. The number of azide groups is 1. The van der Waals surface area contributed by atoms with Crippen molar-refractivity contribution in [2.24, 2.45) is 5.11 Å². The SMILES string of the molecule is [N-]=[N+]=NCCC#Cc1ccc2[nH]c(=O)[nH]c(=O)c2c1. The van der Waals surface area contributed by atoms with Crippen LogP contribution in [0.5, 0.6) is 0 Å². The summed E-state index contributed by atoms with van der Waals surface area (Å²) in [6.07, 6.45) is 0.448. The third-order valence-corrected chi connectivity index (χ3v) is 2.37. The molecule has 2 N–H and O–H groups in total. The monoisotopic (exact) mass is 255 g/mol. The zero-order valence-corrected chi connectivity index (χ0v) is 9.80. The molecule has 1 heterocycles. The van der Waals surface area contributed by atoms with Crippen molar-refractivity contribution in [3.05, 3.63) is 55.0 Å². The zero-order valence-electron chi connectivity index (χ0n) is 9.80. The first-order valence-electron chi connectivity index (χ1n) is 5.47. The molecule has 94 valence electrons. The van der Waals surface area contributed by atoms with Crippen molar-refractivity contribution >= 4 is 10.9 Å². The normalized spacial score (nSPS) is 9.47. The van der Waals surface area contributed by atoms with Crippen molar-refractivity contribution in [1.82, 2.24) is 9.97 Å². The Bertz CT molecular complexity index is 831. The minimum Gasteiger partial charge on any atom is -0.307 e. The molecule has 1 aromatic carbocycles. The Labute approximate surface area is 106 Å². The highest BCUT2D eigenvalue weighted by Crippen LogP contribution is 2.07. The van der Waals surface area contributed by atoms with E-state index in [9.17, 15) is 9.59 Å². The maximum atomic E-state index is 11.6. The van der Waals surface area contributed by atoms with Gasteiger partial charge in [-0.2, -0.15) is 0 Å². The van der Waals surface area contributed by atoms with Gasteiger partial charge in [-0.1, -0.05) is 17.0 Å². The Morgan fingerprint density at radius 3 is 2.95 bits per heavy atom. The first-order chi connectivity index (χ1) is 9.20. The molecule has 2 rings (SSSR count). The van der Waals surface area contributed by atoms with Crippen LogP contribution in [0.1, 0.15) is 12.0 Å². The number of rotatable bonds is 2. The van der Waals surface area contributed by atoms with E-state index in [4.69, 9.17) is 5.53 Å². The Morgan fingerprint density at radius 2 is 2.16 bits per heavy atom. The number of nitrogens with one attached hydrogen (secondary N) is 2. The van der Waals surface area contributed by atoms with Gasteiger partial charge in [-0.25, -0.2) is 4.79 Å². The maximum absolute atomic E-state index is 11.6.